The molecule has 1 N–H and O–H groups in total. The van der Waals surface area contributed by atoms with Crippen molar-refractivity contribution in [3.63, 3.8) is 0 Å². The largest absolute Gasteiger partial charge is 0.480 e. The van der Waals surface area contributed by atoms with Crippen LogP contribution in [0.2, 0.25) is 0 Å². The molecule has 0 heterocycles. The lowest BCUT2D eigenvalue weighted by atomic mass is 10.0. The highest BCUT2D eigenvalue weighted by atomic mass is 16.4. The molecule has 0 spiro atoms. The number of para-hydroxylation sites is 1. The van der Waals surface area contributed by atoms with Crippen LogP contribution < -0.4 is 4.90 Å². The molecule has 102 valence electrons. The third-order valence-corrected chi connectivity index (χ3v) is 3.62. The molecule has 1 aliphatic carbocycles. The summed E-state index contributed by atoms with van der Waals surface area (Å²) in [5.74, 6) is -1.26. The maximum Gasteiger partial charge on any atom is 0.319 e. The smallest absolute Gasteiger partial charge is 0.319 e. The minimum absolute atomic E-state index is 0.264. The Hall–Kier alpha value is -1.84. The van der Waals surface area contributed by atoms with Gasteiger partial charge < -0.3 is 10.0 Å². The molecule has 4 heteroatoms. The molecule has 0 unspecified atom stereocenters. The molecule has 1 aromatic rings. The Labute approximate surface area is 113 Å². The van der Waals surface area contributed by atoms with Crippen molar-refractivity contribution in [2.45, 2.75) is 32.6 Å². The van der Waals surface area contributed by atoms with E-state index < -0.39 is 11.4 Å². The second-order valence-electron chi connectivity index (χ2n) is 5.03. The average Bonchev–Trinajstić information content (AvgIpc) is 3.21. The van der Waals surface area contributed by atoms with Gasteiger partial charge in [-0.15, -0.1) is 0 Å². The summed E-state index contributed by atoms with van der Waals surface area (Å²) in [7, 11) is 0. The van der Waals surface area contributed by atoms with Crippen LogP contribution in [0.3, 0.4) is 0 Å². The van der Waals surface area contributed by atoms with Crippen LogP contribution in [0.1, 0.15) is 32.6 Å². The maximum atomic E-state index is 12.5. The molecule has 0 atom stereocenters. The fraction of sp³-hybridized carbons (Fsp3) is 0.467. The van der Waals surface area contributed by atoms with Crippen LogP contribution in [-0.2, 0) is 9.59 Å². The highest BCUT2D eigenvalue weighted by molar-refractivity contribution is 6.11. The van der Waals surface area contributed by atoms with Crippen LogP contribution >= 0.6 is 0 Å². The summed E-state index contributed by atoms with van der Waals surface area (Å²) < 4.78 is 0. The van der Waals surface area contributed by atoms with Crippen LogP contribution in [-0.4, -0.2) is 23.5 Å². The summed E-state index contributed by atoms with van der Waals surface area (Å²) in [6, 6.07) is 9.32. The Morgan fingerprint density at radius 1 is 1.26 bits per heavy atom. The van der Waals surface area contributed by atoms with Gasteiger partial charge in [0, 0.05) is 12.2 Å². The Balaban J connectivity index is 2.23. The van der Waals surface area contributed by atoms with Gasteiger partial charge in [0.25, 0.3) is 0 Å². The van der Waals surface area contributed by atoms with Crippen molar-refractivity contribution in [3.05, 3.63) is 30.3 Å². The highest BCUT2D eigenvalue weighted by Crippen LogP contribution is 2.48. The third-order valence-electron chi connectivity index (χ3n) is 3.62. The number of carbonyl (C=O) groups is 2. The lowest BCUT2D eigenvalue weighted by Gasteiger charge is -2.25. The summed E-state index contributed by atoms with van der Waals surface area (Å²) >= 11 is 0. The number of anilines is 1. The first kappa shape index (κ1) is 13.6. The molecule has 1 aromatic carbocycles. The Bertz CT molecular complexity index is 466. The fourth-order valence-electron chi connectivity index (χ4n) is 2.17. The molecule has 4 nitrogen and oxygen atoms in total. The number of carboxylic acids is 1. The van der Waals surface area contributed by atoms with Crippen LogP contribution in [0.25, 0.3) is 0 Å². The van der Waals surface area contributed by atoms with Gasteiger partial charge in [-0.1, -0.05) is 31.5 Å². The first-order chi connectivity index (χ1) is 9.12. The second kappa shape index (κ2) is 5.43. The molecule has 1 saturated carbocycles. The minimum atomic E-state index is -1.16. The molecule has 2 rings (SSSR count). The molecular formula is C15H19NO3. The number of rotatable bonds is 6. The van der Waals surface area contributed by atoms with E-state index in [1.54, 1.807) is 4.90 Å². The normalized spacial score (nSPS) is 15.8. The number of hydrogen-bond acceptors (Lipinski definition) is 2. The fourth-order valence-corrected chi connectivity index (χ4v) is 2.17. The van der Waals surface area contributed by atoms with E-state index in [0.29, 0.717) is 19.4 Å². The van der Waals surface area contributed by atoms with Gasteiger partial charge in [-0.3, -0.25) is 9.59 Å². The first-order valence-corrected chi connectivity index (χ1v) is 6.72. The minimum Gasteiger partial charge on any atom is -0.480 e. The summed E-state index contributed by atoms with van der Waals surface area (Å²) in [4.78, 5) is 25.4. The molecule has 0 aliphatic heterocycles. The standard InChI is InChI=1S/C15H19NO3/c1-2-3-11-16(12-7-5-4-6-8-12)13(17)15(9-10-15)14(18)19/h4-8H,2-3,9-11H2,1H3,(H,18,19). The van der Waals surface area contributed by atoms with Crippen LogP contribution in [0.4, 0.5) is 5.69 Å². The number of amides is 1. The van der Waals surface area contributed by atoms with Crippen molar-refractivity contribution in [1.82, 2.24) is 0 Å². The van der Waals surface area contributed by atoms with Crippen LogP contribution in [0, 0.1) is 5.41 Å². The second-order valence-corrected chi connectivity index (χ2v) is 5.03. The zero-order chi connectivity index (χ0) is 13.9. The molecule has 1 amide bonds. The van der Waals surface area contributed by atoms with Gasteiger partial charge in [0.05, 0.1) is 0 Å². The number of aliphatic carboxylic acids is 1. The molecule has 1 aliphatic rings. The number of carbonyl (C=O) groups excluding carboxylic acids is 1. The quantitative estimate of drug-likeness (QED) is 0.801. The Morgan fingerprint density at radius 3 is 2.37 bits per heavy atom. The SMILES string of the molecule is CCCCN(C(=O)C1(C(=O)O)CC1)c1ccccc1. The topological polar surface area (TPSA) is 57.6 Å². The van der Waals surface area contributed by atoms with Gasteiger partial charge in [0.1, 0.15) is 5.41 Å². The molecule has 0 radical (unpaired) electrons. The molecular weight excluding hydrogens is 242 g/mol. The summed E-state index contributed by atoms with van der Waals surface area (Å²) in [5, 5.41) is 9.25. The Kier molecular flexibility index (Phi) is 3.88. The maximum absolute atomic E-state index is 12.5. The van der Waals surface area contributed by atoms with Gasteiger partial charge in [-0.05, 0) is 31.4 Å². The van der Waals surface area contributed by atoms with E-state index >= 15 is 0 Å². The van der Waals surface area contributed by atoms with E-state index in [2.05, 4.69) is 6.92 Å². The van der Waals surface area contributed by atoms with E-state index in [0.717, 1.165) is 18.5 Å². The number of benzene rings is 1. The molecule has 19 heavy (non-hydrogen) atoms. The van der Waals surface area contributed by atoms with Crippen molar-refractivity contribution >= 4 is 17.6 Å². The monoisotopic (exact) mass is 261 g/mol. The number of carboxylic acid groups (broad SMARTS) is 1. The molecule has 0 saturated heterocycles. The lowest BCUT2D eigenvalue weighted by molar-refractivity contribution is -0.148. The van der Waals surface area contributed by atoms with Crippen molar-refractivity contribution in [2.24, 2.45) is 5.41 Å². The summed E-state index contributed by atoms with van der Waals surface area (Å²) in [6.07, 6.45) is 2.75. The first-order valence-electron chi connectivity index (χ1n) is 6.72. The van der Waals surface area contributed by atoms with Crippen molar-refractivity contribution in [2.75, 3.05) is 11.4 Å². The molecule has 0 bridgehead atoms. The van der Waals surface area contributed by atoms with E-state index in [-0.39, 0.29) is 5.91 Å². The number of unbranched alkanes of at least 4 members (excludes halogenated alkanes) is 1. The average molecular weight is 261 g/mol. The van der Waals surface area contributed by atoms with Gasteiger partial charge >= 0.3 is 5.97 Å². The zero-order valence-corrected chi connectivity index (χ0v) is 11.1. The highest BCUT2D eigenvalue weighted by Gasteiger charge is 2.58. The van der Waals surface area contributed by atoms with Crippen molar-refractivity contribution < 1.29 is 14.7 Å². The molecule has 1 fully saturated rings. The van der Waals surface area contributed by atoms with Gasteiger partial charge in [0.15, 0.2) is 0 Å². The van der Waals surface area contributed by atoms with Crippen LogP contribution in [0.15, 0.2) is 30.3 Å². The van der Waals surface area contributed by atoms with Gasteiger partial charge in [-0.25, -0.2) is 0 Å². The molecule has 0 aromatic heterocycles. The zero-order valence-electron chi connectivity index (χ0n) is 11.1. The number of nitrogens with zero attached hydrogens (tertiary/aromatic N) is 1. The van der Waals surface area contributed by atoms with Gasteiger partial charge in [0.2, 0.25) is 5.91 Å². The van der Waals surface area contributed by atoms with E-state index in [9.17, 15) is 14.7 Å². The van der Waals surface area contributed by atoms with Gasteiger partial charge in [-0.2, -0.15) is 0 Å². The Morgan fingerprint density at radius 2 is 1.89 bits per heavy atom. The van der Waals surface area contributed by atoms with Crippen molar-refractivity contribution in [1.29, 1.82) is 0 Å². The predicted octanol–water partition coefficient (Wildman–Crippen LogP) is 2.68. The van der Waals surface area contributed by atoms with Crippen LogP contribution in [0.5, 0.6) is 0 Å². The lowest BCUT2D eigenvalue weighted by Crippen LogP contribution is -2.41. The third kappa shape index (κ3) is 2.62. The van der Waals surface area contributed by atoms with E-state index in [4.69, 9.17) is 0 Å². The summed E-state index contributed by atoms with van der Waals surface area (Å²) in [6.45, 7) is 2.63. The predicted molar refractivity (Wildman–Crippen MR) is 73.0 cm³/mol. The van der Waals surface area contributed by atoms with E-state index in [1.807, 2.05) is 30.3 Å². The number of hydrogen-bond donors (Lipinski definition) is 1. The summed E-state index contributed by atoms with van der Waals surface area (Å²) in [5.41, 5.74) is -0.377. The van der Waals surface area contributed by atoms with Crippen molar-refractivity contribution in [3.8, 4) is 0 Å². The van der Waals surface area contributed by atoms with E-state index in [1.165, 1.54) is 0 Å².